The normalized spacial score (nSPS) is 22.6. The predicted octanol–water partition coefficient (Wildman–Crippen LogP) is 1.47. The van der Waals surface area contributed by atoms with Crippen LogP contribution in [0.3, 0.4) is 0 Å². The molecule has 0 spiro atoms. The third-order valence-electron chi connectivity index (χ3n) is 2.80. The van der Waals surface area contributed by atoms with Gasteiger partial charge in [-0.1, -0.05) is 13.3 Å². The summed E-state index contributed by atoms with van der Waals surface area (Å²) in [5, 5.41) is 3.28. The van der Waals surface area contributed by atoms with Crippen molar-refractivity contribution in [3.8, 4) is 0 Å². The van der Waals surface area contributed by atoms with Gasteiger partial charge in [0.15, 0.2) is 0 Å². The van der Waals surface area contributed by atoms with Gasteiger partial charge in [-0.05, 0) is 18.4 Å². The van der Waals surface area contributed by atoms with Crippen molar-refractivity contribution in [3.05, 3.63) is 18.1 Å². The number of hydrogen-bond donors (Lipinski definition) is 1. The van der Waals surface area contributed by atoms with Crippen molar-refractivity contribution < 1.29 is 9.53 Å². The molecule has 0 bridgehead atoms. The molecule has 2 rings (SSSR count). The highest BCUT2D eigenvalue weighted by molar-refractivity contribution is 5.85. The van der Waals surface area contributed by atoms with Crippen molar-refractivity contribution >= 4 is 11.8 Å². The van der Waals surface area contributed by atoms with E-state index in [1.807, 2.05) is 0 Å². The summed E-state index contributed by atoms with van der Waals surface area (Å²) >= 11 is 0. The molecule has 2 atom stereocenters. The van der Waals surface area contributed by atoms with Crippen molar-refractivity contribution in [2.75, 3.05) is 12.4 Å². The Labute approximate surface area is 94.2 Å². The molecule has 2 unspecified atom stereocenters. The summed E-state index contributed by atoms with van der Waals surface area (Å²) in [6, 6.07) is 2.25. The van der Waals surface area contributed by atoms with Crippen LogP contribution in [-0.4, -0.2) is 29.1 Å². The summed E-state index contributed by atoms with van der Waals surface area (Å²) in [5.41, 5.74) is 0. The second kappa shape index (κ2) is 4.47. The molecule has 0 saturated heterocycles. The Balaban J connectivity index is 2.02. The Kier molecular flexibility index (Phi) is 3.03. The lowest BCUT2D eigenvalue weighted by Crippen LogP contribution is -2.11. The van der Waals surface area contributed by atoms with E-state index in [0.29, 0.717) is 11.9 Å². The van der Waals surface area contributed by atoms with E-state index in [1.54, 1.807) is 12.3 Å². The summed E-state index contributed by atoms with van der Waals surface area (Å²) in [6.45, 7) is 2.17. The van der Waals surface area contributed by atoms with Gasteiger partial charge in [0, 0.05) is 12.2 Å². The Morgan fingerprint density at radius 3 is 3.12 bits per heavy atom. The van der Waals surface area contributed by atoms with Crippen molar-refractivity contribution in [2.45, 2.75) is 25.8 Å². The Morgan fingerprint density at radius 1 is 1.69 bits per heavy atom. The van der Waals surface area contributed by atoms with Crippen LogP contribution in [0.25, 0.3) is 0 Å². The van der Waals surface area contributed by atoms with Gasteiger partial charge in [0.25, 0.3) is 0 Å². The van der Waals surface area contributed by atoms with Crippen molar-refractivity contribution in [1.29, 1.82) is 0 Å². The Bertz CT molecular complexity index is 395. The molecule has 0 radical (unpaired) electrons. The maximum absolute atomic E-state index is 11.2. The number of aromatic nitrogens is 2. The fraction of sp³-hybridized carbons (Fsp3) is 0.545. The van der Waals surface area contributed by atoms with Crippen LogP contribution in [0.15, 0.2) is 12.3 Å². The van der Waals surface area contributed by atoms with Gasteiger partial charge < -0.3 is 10.1 Å². The maximum atomic E-state index is 11.2. The Morgan fingerprint density at radius 2 is 2.50 bits per heavy atom. The molecular formula is C11H15N3O2. The minimum Gasteiger partial charge on any atom is -0.463 e. The van der Waals surface area contributed by atoms with Gasteiger partial charge in [0.05, 0.1) is 7.11 Å². The lowest BCUT2D eigenvalue weighted by molar-refractivity contribution is 0.0587. The van der Waals surface area contributed by atoms with Crippen molar-refractivity contribution in [2.24, 2.45) is 5.92 Å². The number of esters is 1. The monoisotopic (exact) mass is 221 g/mol. The molecule has 16 heavy (non-hydrogen) atoms. The zero-order valence-corrected chi connectivity index (χ0v) is 9.43. The number of methoxy groups -OCH3 is 1. The van der Waals surface area contributed by atoms with Crippen molar-refractivity contribution in [1.82, 2.24) is 9.97 Å². The van der Waals surface area contributed by atoms with Crippen molar-refractivity contribution in [3.63, 3.8) is 0 Å². The zero-order valence-electron chi connectivity index (χ0n) is 9.43. The molecule has 1 aromatic rings. The number of nitrogens with one attached hydrogen (secondary N) is 1. The summed E-state index contributed by atoms with van der Waals surface area (Å²) in [5.74, 6) is 1.01. The summed E-state index contributed by atoms with van der Waals surface area (Å²) in [6.07, 6.45) is 3.91. The number of nitrogens with zero attached hydrogens (tertiary/aromatic N) is 2. The number of hydrogen-bond acceptors (Lipinski definition) is 5. The molecule has 0 aromatic carbocycles. The second-order valence-electron chi connectivity index (χ2n) is 3.91. The molecule has 86 valence electrons. The number of carbonyl (C=O) groups excluding carboxylic acids is 1. The average Bonchev–Trinajstić information content (AvgIpc) is 3.07. The van der Waals surface area contributed by atoms with E-state index in [-0.39, 0.29) is 5.82 Å². The van der Waals surface area contributed by atoms with Crippen LogP contribution < -0.4 is 5.32 Å². The third kappa shape index (κ3) is 2.29. The fourth-order valence-electron chi connectivity index (χ4n) is 1.69. The van der Waals surface area contributed by atoms with Gasteiger partial charge in [-0.15, -0.1) is 0 Å². The standard InChI is InChI=1S/C11H15N3O2/c1-3-7-6-8(7)13-9-4-5-12-10(14-9)11(15)16-2/h4-5,7-8H,3,6H2,1-2H3,(H,12,13,14). The molecule has 1 aromatic heterocycles. The highest BCUT2D eigenvalue weighted by Crippen LogP contribution is 2.35. The number of carbonyl (C=O) groups is 1. The first-order chi connectivity index (χ1) is 7.74. The van der Waals surface area contributed by atoms with E-state index < -0.39 is 5.97 Å². The molecular weight excluding hydrogens is 206 g/mol. The smallest absolute Gasteiger partial charge is 0.376 e. The quantitative estimate of drug-likeness (QED) is 0.780. The minimum atomic E-state index is -0.508. The summed E-state index contributed by atoms with van der Waals surface area (Å²) in [4.78, 5) is 19.2. The highest BCUT2D eigenvalue weighted by atomic mass is 16.5. The van der Waals surface area contributed by atoms with Gasteiger partial charge in [-0.25, -0.2) is 14.8 Å². The SMILES string of the molecule is CCC1CC1Nc1ccnc(C(=O)OC)n1. The summed E-state index contributed by atoms with van der Waals surface area (Å²) in [7, 11) is 1.32. The van der Waals surface area contributed by atoms with Crippen LogP contribution in [0, 0.1) is 5.92 Å². The first-order valence-electron chi connectivity index (χ1n) is 5.42. The molecule has 0 aliphatic heterocycles. The largest absolute Gasteiger partial charge is 0.463 e. The van der Waals surface area contributed by atoms with E-state index >= 15 is 0 Å². The lowest BCUT2D eigenvalue weighted by Gasteiger charge is -2.05. The predicted molar refractivity (Wildman–Crippen MR) is 59.2 cm³/mol. The molecule has 1 aliphatic rings. The summed E-state index contributed by atoms with van der Waals surface area (Å²) < 4.78 is 4.56. The molecule has 1 N–H and O–H groups in total. The maximum Gasteiger partial charge on any atom is 0.376 e. The number of anilines is 1. The molecule has 1 saturated carbocycles. The van der Waals surface area contributed by atoms with Crippen LogP contribution >= 0.6 is 0 Å². The van der Waals surface area contributed by atoms with E-state index in [4.69, 9.17) is 0 Å². The zero-order chi connectivity index (χ0) is 11.5. The Hall–Kier alpha value is -1.65. The molecule has 5 heteroatoms. The molecule has 1 fully saturated rings. The van der Waals surface area contributed by atoms with E-state index in [2.05, 4.69) is 26.9 Å². The van der Waals surface area contributed by atoms with Gasteiger partial charge in [0.2, 0.25) is 5.82 Å². The van der Waals surface area contributed by atoms with Gasteiger partial charge in [0.1, 0.15) is 5.82 Å². The van der Waals surface area contributed by atoms with Crippen LogP contribution in [0.2, 0.25) is 0 Å². The molecule has 0 amide bonds. The lowest BCUT2D eigenvalue weighted by atomic mass is 10.3. The van der Waals surface area contributed by atoms with E-state index in [0.717, 1.165) is 5.92 Å². The topological polar surface area (TPSA) is 64.1 Å². The molecule has 1 heterocycles. The molecule has 1 aliphatic carbocycles. The van der Waals surface area contributed by atoms with Gasteiger partial charge in [-0.3, -0.25) is 0 Å². The van der Waals surface area contributed by atoms with Crippen LogP contribution in [0.4, 0.5) is 5.82 Å². The average molecular weight is 221 g/mol. The second-order valence-corrected chi connectivity index (χ2v) is 3.91. The number of ether oxygens (including phenoxy) is 1. The third-order valence-corrected chi connectivity index (χ3v) is 2.80. The molecule has 5 nitrogen and oxygen atoms in total. The van der Waals surface area contributed by atoms with Gasteiger partial charge in [-0.2, -0.15) is 0 Å². The first-order valence-corrected chi connectivity index (χ1v) is 5.42. The fourth-order valence-corrected chi connectivity index (χ4v) is 1.69. The number of rotatable bonds is 4. The van der Waals surface area contributed by atoms with E-state index in [1.165, 1.54) is 20.0 Å². The van der Waals surface area contributed by atoms with Crippen LogP contribution in [0.5, 0.6) is 0 Å². The highest BCUT2D eigenvalue weighted by Gasteiger charge is 2.35. The minimum absolute atomic E-state index is 0.0983. The van der Waals surface area contributed by atoms with Crippen LogP contribution in [-0.2, 0) is 4.74 Å². The van der Waals surface area contributed by atoms with E-state index in [9.17, 15) is 4.79 Å². The first kappa shape index (κ1) is 10.9. The van der Waals surface area contributed by atoms with Crippen LogP contribution in [0.1, 0.15) is 30.4 Å². The van der Waals surface area contributed by atoms with Gasteiger partial charge >= 0.3 is 5.97 Å².